The van der Waals surface area contributed by atoms with Crippen molar-refractivity contribution in [2.75, 3.05) is 18.1 Å². The van der Waals surface area contributed by atoms with Gasteiger partial charge in [0.25, 0.3) is 0 Å². The van der Waals surface area contributed by atoms with Gasteiger partial charge in [-0.3, -0.25) is 0 Å². The fourth-order valence-corrected chi connectivity index (χ4v) is 2.54. The second kappa shape index (κ2) is 6.00. The number of aromatic amines is 1. The summed E-state index contributed by atoms with van der Waals surface area (Å²) in [4.78, 5) is 7.09. The lowest BCUT2D eigenvalue weighted by molar-refractivity contribution is 0.556. The molecule has 0 bridgehead atoms. The molecule has 0 aliphatic carbocycles. The lowest BCUT2D eigenvalue weighted by Gasteiger charge is -2.12. The Morgan fingerprint density at radius 2 is 2.31 bits per heavy atom. The topological polar surface area (TPSA) is 74.8 Å². The number of hydrogen-bond donors (Lipinski definition) is 2. The van der Waals surface area contributed by atoms with Crippen LogP contribution in [0.5, 0.6) is 0 Å². The molecule has 1 heterocycles. The van der Waals surface area contributed by atoms with Crippen LogP contribution >= 0.6 is 0 Å². The van der Waals surface area contributed by atoms with Crippen molar-refractivity contribution in [2.45, 2.75) is 26.3 Å². The van der Waals surface area contributed by atoms with Crippen molar-refractivity contribution >= 4 is 9.84 Å². The van der Waals surface area contributed by atoms with Gasteiger partial charge in [0.05, 0.1) is 5.75 Å². The standard InChI is InChI=1S/C10H19N3O2S/c1-3-16(14,15)8-9(2)11-5-4-10-12-6-7-13-10/h6-7,9,11H,3-5,8H2,1-2H3,(H,12,13). The van der Waals surface area contributed by atoms with E-state index < -0.39 is 9.84 Å². The fraction of sp³-hybridized carbons (Fsp3) is 0.700. The van der Waals surface area contributed by atoms with E-state index in [0.29, 0.717) is 0 Å². The van der Waals surface area contributed by atoms with Crippen LogP contribution in [0.1, 0.15) is 19.7 Å². The molecule has 5 nitrogen and oxygen atoms in total. The maximum Gasteiger partial charge on any atom is 0.151 e. The third kappa shape index (κ3) is 4.76. The minimum atomic E-state index is -2.89. The molecule has 1 unspecified atom stereocenters. The first-order chi connectivity index (χ1) is 7.53. The van der Waals surface area contributed by atoms with Crippen LogP contribution in [-0.2, 0) is 16.3 Å². The SMILES string of the molecule is CCS(=O)(=O)CC(C)NCCc1ncc[nH]1. The Kier molecular flexibility index (Phi) is 4.95. The van der Waals surface area contributed by atoms with Crippen molar-refractivity contribution in [3.8, 4) is 0 Å². The largest absolute Gasteiger partial charge is 0.349 e. The summed E-state index contributed by atoms with van der Waals surface area (Å²) in [5.74, 6) is 1.32. The second-order valence-electron chi connectivity index (χ2n) is 3.84. The smallest absolute Gasteiger partial charge is 0.151 e. The molecule has 92 valence electrons. The monoisotopic (exact) mass is 245 g/mol. The van der Waals surface area contributed by atoms with Crippen LogP contribution < -0.4 is 5.32 Å². The Hall–Kier alpha value is -0.880. The molecule has 1 aromatic heterocycles. The normalized spacial score (nSPS) is 13.9. The maximum absolute atomic E-state index is 11.3. The van der Waals surface area contributed by atoms with Gasteiger partial charge in [0, 0.05) is 37.2 Å². The summed E-state index contributed by atoms with van der Waals surface area (Å²) >= 11 is 0. The van der Waals surface area contributed by atoms with Crippen LogP contribution in [-0.4, -0.2) is 42.5 Å². The molecular formula is C10H19N3O2S. The predicted octanol–water partition coefficient (Wildman–Crippen LogP) is 0.365. The number of nitrogens with one attached hydrogen (secondary N) is 2. The van der Waals surface area contributed by atoms with Crippen LogP contribution in [0.4, 0.5) is 0 Å². The predicted molar refractivity (Wildman–Crippen MR) is 64.1 cm³/mol. The van der Waals surface area contributed by atoms with Crippen molar-refractivity contribution in [3.05, 3.63) is 18.2 Å². The Morgan fingerprint density at radius 1 is 1.56 bits per heavy atom. The molecule has 0 spiro atoms. The Balaban J connectivity index is 2.23. The lowest BCUT2D eigenvalue weighted by Crippen LogP contribution is -2.35. The summed E-state index contributed by atoms with van der Waals surface area (Å²) in [6.07, 6.45) is 4.27. The third-order valence-corrected chi connectivity index (χ3v) is 4.24. The van der Waals surface area contributed by atoms with E-state index in [4.69, 9.17) is 0 Å². The zero-order chi connectivity index (χ0) is 12.0. The first-order valence-corrected chi connectivity index (χ1v) is 7.27. The molecule has 0 aliphatic rings. The number of rotatable bonds is 7. The highest BCUT2D eigenvalue weighted by molar-refractivity contribution is 7.91. The molecule has 0 aliphatic heterocycles. The average Bonchev–Trinajstić information content (AvgIpc) is 2.70. The first-order valence-electron chi connectivity index (χ1n) is 5.45. The highest BCUT2D eigenvalue weighted by Gasteiger charge is 2.12. The van der Waals surface area contributed by atoms with E-state index in [1.54, 1.807) is 19.3 Å². The van der Waals surface area contributed by atoms with Crippen molar-refractivity contribution in [2.24, 2.45) is 0 Å². The fourth-order valence-electron chi connectivity index (χ4n) is 1.43. The van der Waals surface area contributed by atoms with Crippen molar-refractivity contribution in [1.29, 1.82) is 0 Å². The quantitative estimate of drug-likeness (QED) is 0.727. The molecular weight excluding hydrogens is 226 g/mol. The van der Waals surface area contributed by atoms with E-state index in [0.717, 1.165) is 18.8 Å². The molecule has 1 aromatic rings. The number of hydrogen-bond acceptors (Lipinski definition) is 4. The summed E-state index contributed by atoms with van der Waals surface area (Å²) in [7, 11) is -2.89. The van der Waals surface area contributed by atoms with Crippen LogP contribution in [0.15, 0.2) is 12.4 Å². The zero-order valence-corrected chi connectivity index (χ0v) is 10.5. The molecule has 0 saturated heterocycles. The van der Waals surface area contributed by atoms with E-state index in [-0.39, 0.29) is 17.5 Å². The summed E-state index contributed by atoms with van der Waals surface area (Å²) in [5, 5.41) is 3.17. The minimum absolute atomic E-state index is 0.0140. The highest BCUT2D eigenvalue weighted by atomic mass is 32.2. The summed E-state index contributed by atoms with van der Waals surface area (Å²) in [6.45, 7) is 4.29. The Morgan fingerprint density at radius 3 is 2.88 bits per heavy atom. The molecule has 0 fully saturated rings. The first kappa shape index (κ1) is 13.2. The molecule has 0 amide bonds. The number of imidazole rings is 1. The van der Waals surface area contributed by atoms with Gasteiger partial charge in [-0.15, -0.1) is 0 Å². The molecule has 6 heteroatoms. The number of nitrogens with zero attached hydrogens (tertiary/aromatic N) is 1. The van der Waals surface area contributed by atoms with Crippen molar-refractivity contribution < 1.29 is 8.42 Å². The van der Waals surface area contributed by atoms with Gasteiger partial charge >= 0.3 is 0 Å². The molecule has 16 heavy (non-hydrogen) atoms. The van der Waals surface area contributed by atoms with Crippen LogP contribution in [0.3, 0.4) is 0 Å². The summed E-state index contributed by atoms with van der Waals surface area (Å²) in [6, 6.07) is -0.0140. The van der Waals surface area contributed by atoms with Gasteiger partial charge in [0.15, 0.2) is 9.84 Å². The van der Waals surface area contributed by atoms with E-state index in [9.17, 15) is 8.42 Å². The van der Waals surface area contributed by atoms with Gasteiger partial charge in [0.2, 0.25) is 0 Å². The van der Waals surface area contributed by atoms with Gasteiger partial charge in [-0.1, -0.05) is 6.92 Å². The number of aromatic nitrogens is 2. The zero-order valence-electron chi connectivity index (χ0n) is 9.73. The summed E-state index contributed by atoms with van der Waals surface area (Å²) < 4.78 is 22.7. The minimum Gasteiger partial charge on any atom is -0.349 e. The summed E-state index contributed by atoms with van der Waals surface area (Å²) in [5.41, 5.74) is 0. The Bertz CT molecular complexity index is 386. The van der Waals surface area contributed by atoms with Crippen LogP contribution in [0, 0.1) is 0 Å². The van der Waals surface area contributed by atoms with Crippen LogP contribution in [0.25, 0.3) is 0 Å². The lowest BCUT2D eigenvalue weighted by atomic mass is 10.3. The van der Waals surface area contributed by atoms with Crippen molar-refractivity contribution in [3.63, 3.8) is 0 Å². The molecule has 0 radical (unpaired) electrons. The van der Waals surface area contributed by atoms with Crippen molar-refractivity contribution in [1.82, 2.24) is 15.3 Å². The number of H-pyrrole nitrogens is 1. The van der Waals surface area contributed by atoms with Crippen LogP contribution in [0.2, 0.25) is 0 Å². The molecule has 1 atom stereocenters. The van der Waals surface area contributed by atoms with Gasteiger partial charge in [-0.25, -0.2) is 13.4 Å². The van der Waals surface area contributed by atoms with Gasteiger partial charge in [-0.05, 0) is 6.92 Å². The van der Waals surface area contributed by atoms with Gasteiger partial charge < -0.3 is 10.3 Å². The molecule has 1 rings (SSSR count). The molecule has 2 N–H and O–H groups in total. The molecule has 0 aromatic carbocycles. The second-order valence-corrected chi connectivity index (χ2v) is 6.24. The van der Waals surface area contributed by atoms with E-state index in [1.807, 2.05) is 6.92 Å². The van der Waals surface area contributed by atoms with E-state index >= 15 is 0 Å². The van der Waals surface area contributed by atoms with E-state index in [2.05, 4.69) is 15.3 Å². The average molecular weight is 245 g/mol. The Labute approximate surface area is 96.6 Å². The van der Waals surface area contributed by atoms with Gasteiger partial charge in [0.1, 0.15) is 5.82 Å². The highest BCUT2D eigenvalue weighted by Crippen LogP contribution is 1.95. The number of sulfone groups is 1. The third-order valence-electron chi connectivity index (χ3n) is 2.35. The van der Waals surface area contributed by atoms with E-state index in [1.165, 1.54) is 0 Å². The molecule has 0 saturated carbocycles. The maximum atomic E-state index is 11.3. The van der Waals surface area contributed by atoms with Gasteiger partial charge in [-0.2, -0.15) is 0 Å².